The summed E-state index contributed by atoms with van der Waals surface area (Å²) in [4.78, 5) is 34.7. The molecule has 0 radical (unpaired) electrons. The van der Waals surface area contributed by atoms with Crippen LogP contribution in [0.5, 0.6) is 0 Å². The van der Waals surface area contributed by atoms with Crippen LogP contribution in [-0.2, 0) is 17.8 Å². The molecular weight excluding hydrogens is 282 g/mol. The average Bonchev–Trinajstić information content (AvgIpc) is 2.85. The smallest absolute Gasteiger partial charge is 0.267 e. The Balaban J connectivity index is 1.63. The van der Waals surface area contributed by atoms with Gasteiger partial charge in [0.15, 0.2) is 0 Å². The van der Waals surface area contributed by atoms with Gasteiger partial charge in [-0.3, -0.25) is 9.59 Å². The van der Waals surface area contributed by atoms with Gasteiger partial charge in [-0.15, -0.1) is 0 Å². The van der Waals surface area contributed by atoms with E-state index in [1.165, 1.54) is 16.9 Å². The Morgan fingerprint density at radius 2 is 2.27 bits per heavy atom. The normalized spacial score (nSPS) is 22.5. The molecule has 112 valence electrons. The van der Waals surface area contributed by atoms with Gasteiger partial charge < -0.3 is 4.90 Å². The minimum absolute atomic E-state index is 0.0182. The average molecular weight is 297 g/mol. The molecule has 0 saturated carbocycles. The number of rotatable bonds is 2. The third-order valence-electron chi connectivity index (χ3n) is 4.48. The number of fused-ring (bicyclic) bond motifs is 4. The highest BCUT2D eigenvalue weighted by atomic mass is 16.2. The lowest BCUT2D eigenvalue weighted by Crippen LogP contribution is -2.45. The van der Waals surface area contributed by atoms with Gasteiger partial charge in [-0.05, 0) is 18.9 Å². The summed E-state index contributed by atoms with van der Waals surface area (Å²) in [6.07, 6.45) is 7.53. The second-order valence-corrected chi connectivity index (χ2v) is 5.70. The lowest BCUT2D eigenvalue weighted by atomic mass is 9.99. The van der Waals surface area contributed by atoms with Crippen molar-refractivity contribution in [3.63, 3.8) is 0 Å². The quantitative estimate of drug-likeness (QED) is 0.797. The molecule has 2 aliphatic rings. The van der Waals surface area contributed by atoms with Gasteiger partial charge in [-0.25, -0.2) is 14.6 Å². The highest BCUT2D eigenvalue weighted by Gasteiger charge is 2.43. The summed E-state index contributed by atoms with van der Waals surface area (Å²) in [6.45, 7) is -0.0182. The molecular formula is C15H15N5O2. The molecule has 7 heteroatoms. The van der Waals surface area contributed by atoms with E-state index in [1.807, 2.05) is 11.1 Å². The molecule has 0 aromatic carbocycles. The van der Waals surface area contributed by atoms with E-state index in [4.69, 9.17) is 0 Å². The number of carbonyl (C=O) groups is 1. The van der Waals surface area contributed by atoms with Crippen LogP contribution in [0.1, 0.15) is 30.1 Å². The summed E-state index contributed by atoms with van der Waals surface area (Å²) in [5.41, 5.74) is 1.82. The number of carbonyl (C=O) groups excluding carboxylic acids is 1. The highest BCUT2D eigenvalue weighted by molar-refractivity contribution is 5.77. The first-order chi connectivity index (χ1) is 10.7. The summed E-state index contributed by atoms with van der Waals surface area (Å²) in [5, 5.41) is 3.96. The van der Waals surface area contributed by atoms with E-state index in [0.717, 1.165) is 30.5 Å². The molecule has 4 rings (SSSR count). The van der Waals surface area contributed by atoms with Crippen molar-refractivity contribution in [3.8, 4) is 0 Å². The van der Waals surface area contributed by atoms with Crippen molar-refractivity contribution in [2.75, 3.05) is 0 Å². The van der Waals surface area contributed by atoms with Crippen molar-refractivity contribution in [2.24, 2.45) is 0 Å². The van der Waals surface area contributed by atoms with Crippen molar-refractivity contribution in [2.45, 2.75) is 37.9 Å². The van der Waals surface area contributed by atoms with Gasteiger partial charge in [0.25, 0.3) is 5.56 Å². The van der Waals surface area contributed by atoms with Crippen LogP contribution in [0.3, 0.4) is 0 Å². The molecule has 0 unspecified atom stereocenters. The zero-order valence-electron chi connectivity index (χ0n) is 11.9. The Hall–Kier alpha value is -2.57. The molecule has 2 aromatic heterocycles. The molecule has 2 aliphatic heterocycles. The summed E-state index contributed by atoms with van der Waals surface area (Å²) in [5.74, 6) is -0.0668. The van der Waals surface area contributed by atoms with E-state index in [-0.39, 0.29) is 30.1 Å². The SMILES string of the molecule is O=C(Cn1ncccc1=O)N1[C@H]2CC[C@H]1c1cncnc1C2. The molecule has 7 nitrogen and oxygen atoms in total. The number of hydrogen-bond donors (Lipinski definition) is 0. The van der Waals surface area contributed by atoms with Gasteiger partial charge >= 0.3 is 0 Å². The van der Waals surface area contributed by atoms with Crippen LogP contribution in [0.25, 0.3) is 0 Å². The Morgan fingerprint density at radius 1 is 1.36 bits per heavy atom. The molecule has 2 aromatic rings. The first-order valence-electron chi connectivity index (χ1n) is 7.36. The number of amides is 1. The number of aromatic nitrogens is 4. The topological polar surface area (TPSA) is 81.0 Å². The molecule has 0 aliphatic carbocycles. The monoisotopic (exact) mass is 297 g/mol. The van der Waals surface area contributed by atoms with Crippen LogP contribution in [-0.4, -0.2) is 36.6 Å². The van der Waals surface area contributed by atoms with Crippen LogP contribution in [0.4, 0.5) is 0 Å². The zero-order chi connectivity index (χ0) is 15.1. The van der Waals surface area contributed by atoms with Gasteiger partial charge in [0.2, 0.25) is 5.91 Å². The highest BCUT2D eigenvalue weighted by Crippen LogP contribution is 2.42. The lowest BCUT2D eigenvalue weighted by Gasteiger charge is -2.35. The summed E-state index contributed by atoms with van der Waals surface area (Å²) < 4.78 is 1.21. The van der Waals surface area contributed by atoms with E-state index < -0.39 is 0 Å². The number of nitrogens with zero attached hydrogens (tertiary/aromatic N) is 5. The molecule has 0 N–H and O–H groups in total. The molecule has 1 amide bonds. The van der Waals surface area contributed by atoms with Crippen LogP contribution in [0, 0.1) is 0 Å². The van der Waals surface area contributed by atoms with E-state index in [9.17, 15) is 9.59 Å². The molecule has 1 saturated heterocycles. The van der Waals surface area contributed by atoms with Crippen LogP contribution in [0.15, 0.2) is 35.6 Å². The Labute approximate surface area is 126 Å². The van der Waals surface area contributed by atoms with E-state index in [1.54, 1.807) is 12.4 Å². The predicted octanol–water partition coefficient (Wildman–Crippen LogP) is 0.322. The fraction of sp³-hybridized carbons (Fsp3) is 0.400. The lowest BCUT2D eigenvalue weighted by molar-refractivity contribution is -0.135. The van der Waals surface area contributed by atoms with Gasteiger partial charge in [-0.2, -0.15) is 5.10 Å². The van der Waals surface area contributed by atoms with E-state index in [0.29, 0.717) is 0 Å². The third-order valence-corrected chi connectivity index (χ3v) is 4.48. The van der Waals surface area contributed by atoms with Crippen molar-refractivity contribution in [3.05, 3.63) is 52.5 Å². The fourth-order valence-corrected chi connectivity index (χ4v) is 3.52. The summed E-state index contributed by atoms with van der Waals surface area (Å²) in [7, 11) is 0. The Kier molecular flexibility index (Phi) is 2.99. The Morgan fingerprint density at radius 3 is 3.14 bits per heavy atom. The van der Waals surface area contributed by atoms with Crippen molar-refractivity contribution >= 4 is 5.91 Å². The second-order valence-electron chi connectivity index (χ2n) is 5.70. The van der Waals surface area contributed by atoms with Gasteiger partial charge in [0.1, 0.15) is 12.9 Å². The fourth-order valence-electron chi connectivity index (χ4n) is 3.52. The van der Waals surface area contributed by atoms with E-state index in [2.05, 4.69) is 15.1 Å². The van der Waals surface area contributed by atoms with Crippen LogP contribution in [0.2, 0.25) is 0 Å². The predicted molar refractivity (Wildman–Crippen MR) is 76.8 cm³/mol. The molecule has 4 heterocycles. The zero-order valence-corrected chi connectivity index (χ0v) is 11.9. The van der Waals surface area contributed by atoms with Crippen molar-refractivity contribution in [1.82, 2.24) is 24.6 Å². The number of hydrogen-bond acceptors (Lipinski definition) is 5. The standard InChI is InChI=1S/C15H15N5O2/c21-14-2-1-5-18-19(14)8-15(22)20-10-3-4-13(20)11-7-16-9-17-12(11)6-10/h1-2,5,7,9-10,13H,3-4,6,8H2/t10-,13-/m0/s1. The second kappa shape index (κ2) is 5.01. The van der Waals surface area contributed by atoms with Crippen molar-refractivity contribution < 1.29 is 4.79 Å². The largest absolute Gasteiger partial charge is 0.331 e. The van der Waals surface area contributed by atoms with Crippen LogP contribution >= 0.6 is 0 Å². The first kappa shape index (κ1) is 13.1. The van der Waals surface area contributed by atoms with Crippen molar-refractivity contribution in [1.29, 1.82) is 0 Å². The van der Waals surface area contributed by atoms with Gasteiger partial charge in [-0.1, -0.05) is 0 Å². The van der Waals surface area contributed by atoms with Crippen LogP contribution < -0.4 is 5.56 Å². The maximum Gasteiger partial charge on any atom is 0.267 e. The summed E-state index contributed by atoms with van der Waals surface area (Å²) >= 11 is 0. The van der Waals surface area contributed by atoms with Gasteiger partial charge in [0.05, 0.1) is 11.7 Å². The van der Waals surface area contributed by atoms with E-state index >= 15 is 0 Å². The Bertz CT molecular complexity index is 787. The molecule has 22 heavy (non-hydrogen) atoms. The molecule has 2 bridgehead atoms. The molecule has 2 atom stereocenters. The minimum atomic E-state index is -0.260. The maximum absolute atomic E-state index is 12.7. The van der Waals surface area contributed by atoms with Gasteiger partial charge in [0, 0.05) is 36.5 Å². The minimum Gasteiger partial charge on any atom is -0.331 e. The maximum atomic E-state index is 12.7. The molecule has 1 fully saturated rings. The first-order valence-corrected chi connectivity index (χ1v) is 7.36. The molecule has 0 spiro atoms. The summed E-state index contributed by atoms with van der Waals surface area (Å²) in [6, 6.07) is 3.18. The third kappa shape index (κ3) is 2.01.